The van der Waals surface area contributed by atoms with Gasteiger partial charge in [0.25, 0.3) is 0 Å². The van der Waals surface area contributed by atoms with Crippen molar-refractivity contribution in [1.29, 1.82) is 0 Å². The van der Waals surface area contributed by atoms with Crippen LogP contribution in [0.4, 0.5) is 0 Å². The molecule has 76 valence electrons. The number of carbonyl (C=O) groups is 1. The van der Waals surface area contributed by atoms with Crippen LogP contribution in [0.15, 0.2) is 33.5 Å². The predicted octanol–water partition coefficient (Wildman–Crippen LogP) is 3.57. The summed E-state index contributed by atoms with van der Waals surface area (Å²) < 4.78 is 5.19. The lowest BCUT2D eigenvalue weighted by molar-refractivity contribution is 0.112. The van der Waals surface area contributed by atoms with E-state index in [1.807, 2.05) is 12.1 Å². The molecule has 0 N–H and O–H groups in total. The molecule has 1 aromatic heterocycles. The molecule has 0 fully saturated rings. The number of carbonyl (C=O) groups excluding carboxylic acids is 1. The first-order valence-electron chi connectivity index (χ1n) is 4.09. The van der Waals surface area contributed by atoms with Gasteiger partial charge in [-0.15, -0.1) is 0 Å². The maximum atomic E-state index is 10.8. The van der Waals surface area contributed by atoms with E-state index in [0.29, 0.717) is 32.8 Å². The Morgan fingerprint density at radius 2 is 2.13 bits per heavy atom. The van der Waals surface area contributed by atoms with E-state index in [-0.39, 0.29) is 0 Å². The summed E-state index contributed by atoms with van der Waals surface area (Å²) in [5.41, 5.74) is 1.49. The molecule has 0 amide bonds. The number of aromatic nitrogens is 1. The quantitative estimate of drug-likeness (QED) is 0.793. The fourth-order valence-electron chi connectivity index (χ4n) is 1.23. The molecule has 1 heterocycles. The van der Waals surface area contributed by atoms with Crippen molar-refractivity contribution in [2.24, 2.45) is 0 Å². The summed E-state index contributed by atoms with van der Waals surface area (Å²) in [5.74, 6) is 0. The van der Waals surface area contributed by atoms with Crippen LogP contribution in [0.1, 0.15) is 10.4 Å². The molecule has 0 saturated heterocycles. The Morgan fingerprint density at radius 1 is 1.40 bits per heavy atom. The summed E-state index contributed by atoms with van der Waals surface area (Å²) in [7, 11) is 0. The third-order valence-electron chi connectivity index (χ3n) is 1.93. The molecule has 5 heteroatoms. The zero-order valence-electron chi connectivity index (χ0n) is 7.41. The third kappa shape index (κ3) is 1.82. The van der Waals surface area contributed by atoms with Gasteiger partial charge in [0.2, 0.25) is 4.67 Å². The second-order valence-corrected chi connectivity index (χ2v) is 3.94. The molecule has 0 saturated carbocycles. The second-order valence-electron chi connectivity index (χ2n) is 2.82. The summed E-state index contributed by atoms with van der Waals surface area (Å²) in [6.45, 7) is 0. The number of benzene rings is 1. The van der Waals surface area contributed by atoms with Crippen LogP contribution in [-0.2, 0) is 0 Å². The molecule has 0 radical (unpaired) electrons. The van der Waals surface area contributed by atoms with Crippen LogP contribution in [0.2, 0.25) is 5.02 Å². The molecule has 15 heavy (non-hydrogen) atoms. The molecule has 2 aromatic rings. The number of hydrogen-bond acceptors (Lipinski definition) is 3. The Balaban J connectivity index is 2.64. The molecule has 0 spiro atoms. The fraction of sp³-hybridized carbons (Fsp3) is 0. The van der Waals surface area contributed by atoms with Crippen molar-refractivity contribution in [3.8, 4) is 11.3 Å². The molecular formula is C10H5BrClNO2. The zero-order chi connectivity index (χ0) is 10.8. The minimum Gasteiger partial charge on any atom is -0.348 e. The van der Waals surface area contributed by atoms with Crippen molar-refractivity contribution in [3.05, 3.63) is 39.5 Å². The van der Waals surface area contributed by atoms with E-state index < -0.39 is 0 Å². The average molecular weight is 287 g/mol. The van der Waals surface area contributed by atoms with Crippen LogP contribution < -0.4 is 0 Å². The molecule has 0 aliphatic rings. The largest absolute Gasteiger partial charge is 0.348 e. The minimum atomic E-state index is 0.312. The Bertz CT molecular complexity index is 510. The maximum Gasteiger partial charge on any atom is 0.213 e. The Labute approximate surface area is 99.2 Å². The van der Waals surface area contributed by atoms with Gasteiger partial charge in [-0.2, -0.15) is 0 Å². The van der Waals surface area contributed by atoms with Crippen molar-refractivity contribution >= 4 is 33.8 Å². The summed E-state index contributed by atoms with van der Waals surface area (Å²) in [4.78, 5) is 10.8. The van der Waals surface area contributed by atoms with E-state index in [4.69, 9.17) is 16.1 Å². The lowest BCUT2D eigenvalue weighted by Crippen LogP contribution is -1.85. The van der Waals surface area contributed by atoms with E-state index in [1.54, 1.807) is 12.1 Å². The van der Waals surface area contributed by atoms with Crippen LogP contribution in [-0.4, -0.2) is 11.4 Å². The van der Waals surface area contributed by atoms with E-state index in [9.17, 15) is 4.79 Å². The predicted molar refractivity (Wildman–Crippen MR) is 60.0 cm³/mol. The summed E-state index contributed by atoms with van der Waals surface area (Å²) >= 11 is 9.08. The van der Waals surface area contributed by atoms with Crippen molar-refractivity contribution in [3.63, 3.8) is 0 Å². The third-order valence-corrected chi connectivity index (χ3v) is 2.83. The highest BCUT2D eigenvalue weighted by atomic mass is 79.9. The first-order valence-corrected chi connectivity index (χ1v) is 5.26. The first kappa shape index (κ1) is 10.4. The summed E-state index contributed by atoms with van der Waals surface area (Å²) in [5, 5.41) is 4.31. The highest BCUT2D eigenvalue weighted by molar-refractivity contribution is 9.10. The van der Waals surface area contributed by atoms with E-state index in [1.165, 1.54) is 0 Å². The standard InChI is InChI=1S/C10H5BrClNO2/c11-10-7(5-14)9(13-15-10)6-3-1-2-4-8(6)12/h1-5H. The van der Waals surface area contributed by atoms with Gasteiger partial charge in [0.1, 0.15) is 5.69 Å². The first-order chi connectivity index (χ1) is 7.24. The molecule has 0 bridgehead atoms. The van der Waals surface area contributed by atoms with Gasteiger partial charge in [-0.25, -0.2) is 0 Å². The highest BCUT2D eigenvalue weighted by Crippen LogP contribution is 2.31. The van der Waals surface area contributed by atoms with Gasteiger partial charge in [0.05, 0.1) is 10.6 Å². The Kier molecular flexibility index (Phi) is 2.88. The van der Waals surface area contributed by atoms with Gasteiger partial charge in [0.15, 0.2) is 6.29 Å². The topological polar surface area (TPSA) is 43.1 Å². The van der Waals surface area contributed by atoms with Gasteiger partial charge in [-0.3, -0.25) is 4.79 Å². The number of rotatable bonds is 2. The number of halogens is 2. The smallest absolute Gasteiger partial charge is 0.213 e. The van der Waals surface area contributed by atoms with Crippen molar-refractivity contribution in [1.82, 2.24) is 5.16 Å². The maximum absolute atomic E-state index is 10.8. The van der Waals surface area contributed by atoms with Gasteiger partial charge in [0, 0.05) is 5.56 Å². The minimum absolute atomic E-state index is 0.312. The molecule has 2 rings (SSSR count). The van der Waals surface area contributed by atoms with E-state index in [0.717, 1.165) is 0 Å². The fourth-order valence-corrected chi connectivity index (χ4v) is 1.81. The van der Waals surface area contributed by atoms with E-state index in [2.05, 4.69) is 21.1 Å². The lowest BCUT2D eigenvalue weighted by atomic mass is 10.1. The van der Waals surface area contributed by atoms with Crippen molar-refractivity contribution in [2.45, 2.75) is 0 Å². The number of aldehydes is 1. The van der Waals surface area contributed by atoms with Crippen LogP contribution in [0.3, 0.4) is 0 Å². The van der Waals surface area contributed by atoms with E-state index >= 15 is 0 Å². The van der Waals surface area contributed by atoms with Crippen LogP contribution in [0.25, 0.3) is 11.3 Å². The van der Waals surface area contributed by atoms with Crippen LogP contribution in [0.5, 0.6) is 0 Å². The second kappa shape index (κ2) is 4.16. The molecule has 0 aliphatic carbocycles. The summed E-state index contributed by atoms with van der Waals surface area (Å²) in [6, 6.07) is 7.13. The number of hydrogen-bond donors (Lipinski definition) is 0. The Morgan fingerprint density at radius 3 is 2.80 bits per heavy atom. The monoisotopic (exact) mass is 285 g/mol. The number of nitrogens with zero attached hydrogens (tertiary/aromatic N) is 1. The Hall–Kier alpha value is -1.13. The van der Waals surface area contributed by atoms with Gasteiger partial charge < -0.3 is 4.52 Å². The molecular weight excluding hydrogens is 281 g/mol. The average Bonchev–Trinajstić information content (AvgIpc) is 2.60. The highest BCUT2D eigenvalue weighted by Gasteiger charge is 2.16. The van der Waals surface area contributed by atoms with Crippen LogP contribution >= 0.6 is 27.5 Å². The van der Waals surface area contributed by atoms with Gasteiger partial charge >= 0.3 is 0 Å². The molecule has 1 aromatic carbocycles. The van der Waals surface area contributed by atoms with Crippen molar-refractivity contribution in [2.75, 3.05) is 0 Å². The normalized spacial score (nSPS) is 10.3. The molecule has 0 aliphatic heterocycles. The van der Waals surface area contributed by atoms with Gasteiger partial charge in [-0.05, 0) is 22.0 Å². The molecule has 0 unspecified atom stereocenters. The summed E-state index contributed by atoms with van der Waals surface area (Å²) in [6.07, 6.45) is 0.680. The van der Waals surface area contributed by atoms with Gasteiger partial charge in [-0.1, -0.05) is 35.0 Å². The SMILES string of the molecule is O=Cc1c(-c2ccccc2Cl)noc1Br. The van der Waals surface area contributed by atoms with Crippen molar-refractivity contribution < 1.29 is 9.32 Å². The molecule has 0 atom stereocenters. The lowest BCUT2D eigenvalue weighted by Gasteiger charge is -1.98. The van der Waals surface area contributed by atoms with Crippen LogP contribution in [0, 0.1) is 0 Å². The zero-order valence-corrected chi connectivity index (χ0v) is 9.75. The molecule has 3 nitrogen and oxygen atoms in total.